The van der Waals surface area contributed by atoms with Crippen LogP contribution in [0.2, 0.25) is 0 Å². The van der Waals surface area contributed by atoms with Crippen molar-refractivity contribution in [3.63, 3.8) is 0 Å². The second kappa shape index (κ2) is 15.2. The fraction of sp³-hybridized carbons (Fsp3) is 0.429. The number of fused-ring (bicyclic) bond motifs is 1. The van der Waals surface area contributed by atoms with Crippen LogP contribution in [0.15, 0.2) is 54.6 Å². The third-order valence-electron chi connectivity index (χ3n) is 8.76. The summed E-state index contributed by atoms with van der Waals surface area (Å²) in [7, 11) is 0. The number of likely N-dealkylation sites (tertiary alicyclic amines) is 1. The summed E-state index contributed by atoms with van der Waals surface area (Å²) in [5, 5.41) is 9.42. The molecule has 3 fully saturated rings. The van der Waals surface area contributed by atoms with Gasteiger partial charge in [-0.05, 0) is 92.6 Å². The third kappa shape index (κ3) is 8.64. The molecule has 3 aromatic rings. The third-order valence-corrected chi connectivity index (χ3v) is 8.76. The first-order chi connectivity index (χ1) is 22.2. The van der Waals surface area contributed by atoms with E-state index in [9.17, 15) is 23.2 Å². The Balaban J connectivity index is 0.00000433. The average Bonchev–Trinajstić information content (AvgIpc) is 3.81. The van der Waals surface area contributed by atoms with Crippen LogP contribution >= 0.6 is 12.4 Å². The van der Waals surface area contributed by atoms with E-state index in [0.29, 0.717) is 16.8 Å². The molecule has 1 aliphatic carbocycles. The van der Waals surface area contributed by atoms with Gasteiger partial charge in [0.15, 0.2) is 0 Å². The molecular weight excluding hydrogens is 628 g/mol. The summed E-state index contributed by atoms with van der Waals surface area (Å²) >= 11 is 0. The number of hydrogen-bond donors (Lipinski definition) is 3. The number of hydrogen-bond acceptors (Lipinski definition) is 6. The van der Waals surface area contributed by atoms with Crippen molar-refractivity contribution in [2.75, 3.05) is 26.2 Å². The van der Waals surface area contributed by atoms with Crippen molar-refractivity contribution in [1.82, 2.24) is 25.8 Å². The number of carbonyl (C=O) groups excluding carboxylic acids is 3. The maximum absolute atomic E-state index is 14.6. The van der Waals surface area contributed by atoms with Gasteiger partial charge < -0.3 is 25.6 Å². The molecule has 9 nitrogen and oxygen atoms in total. The normalized spacial score (nSPS) is 21.7. The Kier molecular flexibility index (Phi) is 11.1. The molecule has 0 bridgehead atoms. The van der Waals surface area contributed by atoms with E-state index in [2.05, 4.69) is 33.1 Å². The highest BCUT2D eigenvalue weighted by atomic mass is 35.5. The van der Waals surface area contributed by atoms with Gasteiger partial charge in [0, 0.05) is 18.4 Å². The number of ether oxygens (including phenoxy) is 1. The van der Waals surface area contributed by atoms with Gasteiger partial charge >= 0.3 is 0 Å². The summed E-state index contributed by atoms with van der Waals surface area (Å²) in [5.41, 5.74) is 2.32. The van der Waals surface area contributed by atoms with Crippen LogP contribution in [0.1, 0.15) is 66.7 Å². The Labute approximate surface area is 278 Å². The van der Waals surface area contributed by atoms with Gasteiger partial charge in [-0.1, -0.05) is 24.3 Å². The summed E-state index contributed by atoms with van der Waals surface area (Å²) in [4.78, 5) is 44.9. The van der Waals surface area contributed by atoms with Crippen LogP contribution in [0.25, 0.3) is 17.0 Å². The van der Waals surface area contributed by atoms with E-state index >= 15 is 0 Å². The van der Waals surface area contributed by atoms with Crippen molar-refractivity contribution >= 4 is 47.1 Å². The van der Waals surface area contributed by atoms with Gasteiger partial charge in [-0.25, -0.2) is 13.8 Å². The van der Waals surface area contributed by atoms with Gasteiger partial charge in [-0.2, -0.15) is 0 Å². The molecule has 4 atom stereocenters. The molecule has 0 unspecified atom stereocenters. The lowest BCUT2D eigenvalue weighted by molar-refractivity contribution is -0.138. The monoisotopic (exact) mass is 667 g/mol. The van der Waals surface area contributed by atoms with E-state index in [-0.39, 0.29) is 37.2 Å². The number of nitrogens with one attached hydrogen (secondary N) is 3. The molecule has 0 radical (unpaired) electrons. The number of amides is 3. The van der Waals surface area contributed by atoms with Crippen molar-refractivity contribution in [2.45, 2.75) is 63.4 Å². The maximum atomic E-state index is 14.6. The first kappa shape index (κ1) is 34.3. The smallest absolute Gasteiger partial charge is 0.270 e. The van der Waals surface area contributed by atoms with Crippen LogP contribution < -0.4 is 20.7 Å². The van der Waals surface area contributed by atoms with Crippen LogP contribution in [0.3, 0.4) is 0 Å². The summed E-state index contributed by atoms with van der Waals surface area (Å²) in [6.07, 6.45) is 7.19. The molecule has 0 spiro atoms. The van der Waals surface area contributed by atoms with Crippen LogP contribution in [-0.2, 0) is 9.59 Å². The number of aromatic nitrogens is 1. The molecular formula is C35H40ClF2N5O4. The van der Waals surface area contributed by atoms with Crippen molar-refractivity contribution in [2.24, 2.45) is 5.92 Å². The zero-order valence-electron chi connectivity index (χ0n) is 26.2. The second-order valence-corrected chi connectivity index (χ2v) is 12.4. The van der Waals surface area contributed by atoms with E-state index in [0.717, 1.165) is 42.8 Å². The number of benzene rings is 2. The van der Waals surface area contributed by atoms with E-state index in [1.165, 1.54) is 42.0 Å². The minimum Gasteiger partial charge on any atom is -0.489 e. The molecule has 1 aromatic heterocycles. The SMILES string of the molecule is C[C@H](NC(=O)[C@@H]1C[C@@H](F)CN1C(=O)CNC(=O)c1ccc2cc(F)ccc2n1)c1cc(O[C@H]2CCCNC2)ccc1/C=C/C1CC1.Cl. The van der Waals surface area contributed by atoms with Crippen molar-refractivity contribution in [3.05, 3.63) is 77.2 Å². The number of piperidine rings is 1. The molecule has 47 heavy (non-hydrogen) atoms. The van der Waals surface area contributed by atoms with Gasteiger partial charge in [0.1, 0.15) is 35.6 Å². The lowest BCUT2D eigenvalue weighted by Gasteiger charge is -2.27. The Bertz CT molecular complexity index is 1650. The minimum atomic E-state index is -1.37. The van der Waals surface area contributed by atoms with Crippen LogP contribution in [0.5, 0.6) is 5.75 Å². The van der Waals surface area contributed by atoms with Gasteiger partial charge in [0.25, 0.3) is 5.91 Å². The molecule has 2 aromatic carbocycles. The number of alkyl halides is 1. The van der Waals surface area contributed by atoms with Gasteiger partial charge in [0.05, 0.1) is 24.6 Å². The van der Waals surface area contributed by atoms with E-state index in [4.69, 9.17) is 4.74 Å². The molecule has 3 heterocycles. The number of halogens is 3. The maximum Gasteiger partial charge on any atom is 0.270 e. The molecule has 250 valence electrons. The zero-order chi connectivity index (χ0) is 32.2. The fourth-order valence-electron chi connectivity index (χ4n) is 6.06. The highest BCUT2D eigenvalue weighted by Gasteiger charge is 2.40. The molecule has 2 aliphatic heterocycles. The molecule has 3 N–H and O–H groups in total. The standard InChI is InChI=1S/C35H39F2N5O4.ClH/c1-21(29-17-27(46-28-3-2-14-38-18-28)11-8-23(29)7-6-22-4-5-22)40-35(45)32-16-26(37)20-42(32)33(43)19-39-34(44)31-12-9-24-15-25(36)10-13-30(24)41-31;/h6-13,15,17,21-22,26,28,32,38H,2-5,14,16,18-20H2,1H3,(H,39,44)(H,40,45);1H/b7-6+;/t21-,26+,28-,32-;/m0./s1. The van der Waals surface area contributed by atoms with E-state index in [1.54, 1.807) is 6.07 Å². The van der Waals surface area contributed by atoms with E-state index < -0.39 is 48.3 Å². The summed E-state index contributed by atoms with van der Waals surface area (Å²) < 4.78 is 34.4. The van der Waals surface area contributed by atoms with Crippen LogP contribution in [0.4, 0.5) is 8.78 Å². The number of allylic oxidation sites excluding steroid dienone is 1. The fourth-order valence-corrected chi connectivity index (χ4v) is 6.06. The first-order valence-corrected chi connectivity index (χ1v) is 16.0. The predicted molar refractivity (Wildman–Crippen MR) is 178 cm³/mol. The zero-order valence-corrected chi connectivity index (χ0v) is 27.0. The van der Waals surface area contributed by atoms with Crippen molar-refractivity contribution in [1.29, 1.82) is 0 Å². The highest BCUT2D eigenvalue weighted by molar-refractivity contribution is 5.97. The van der Waals surface area contributed by atoms with Gasteiger partial charge in [-0.15, -0.1) is 12.4 Å². The Morgan fingerprint density at radius 2 is 1.96 bits per heavy atom. The molecule has 3 aliphatic rings. The number of carbonyl (C=O) groups is 3. The van der Waals surface area contributed by atoms with Crippen molar-refractivity contribution in [3.8, 4) is 5.75 Å². The molecule has 3 amide bonds. The Morgan fingerprint density at radius 1 is 1.13 bits per heavy atom. The van der Waals surface area contributed by atoms with Gasteiger partial charge in [0.2, 0.25) is 11.8 Å². The average molecular weight is 668 g/mol. The molecule has 12 heteroatoms. The Hall–Kier alpha value is -4.09. The quantitative estimate of drug-likeness (QED) is 0.284. The summed E-state index contributed by atoms with van der Waals surface area (Å²) in [6, 6.07) is 11.5. The molecule has 1 saturated carbocycles. The second-order valence-electron chi connectivity index (χ2n) is 12.4. The lowest BCUT2D eigenvalue weighted by atomic mass is 9.99. The number of nitrogens with zero attached hydrogens (tertiary/aromatic N) is 2. The summed E-state index contributed by atoms with van der Waals surface area (Å²) in [6.45, 7) is 2.96. The predicted octanol–water partition coefficient (Wildman–Crippen LogP) is 4.90. The Morgan fingerprint density at radius 3 is 2.72 bits per heavy atom. The van der Waals surface area contributed by atoms with Gasteiger partial charge in [-0.3, -0.25) is 14.4 Å². The first-order valence-electron chi connectivity index (χ1n) is 16.0. The van der Waals surface area contributed by atoms with E-state index in [1.807, 2.05) is 25.1 Å². The lowest BCUT2D eigenvalue weighted by Crippen LogP contribution is -2.49. The van der Waals surface area contributed by atoms with Crippen molar-refractivity contribution < 1.29 is 27.9 Å². The topological polar surface area (TPSA) is 113 Å². The molecule has 6 rings (SSSR count). The largest absolute Gasteiger partial charge is 0.489 e. The number of rotatable bonds is 10. The minimum absolute atomic E-state index is 0. The number of pyridine rings is 1. The molecule has 2 saturated heterocycles. The summed E-state index contributed by atoms with van der Waals surface area (Å²) in [5.74, 6) is -0.766. The van der Waals surface area contributed by atoms with Crippen LogP contribution in [0, 0.1) is 11.7 Å². The highest BCUT2D eigenvalue weighted by Crippen LogP contribution is 2.33. The van der Waals surface area contributed by atoms with Crippen LogP contribution in [-0.4, -0.2) is 72.1 Å².